The summed E-state index contributed by atoms with van der Waals surface area (Å²) >= 11 is 1.63. The first-order valence-corrected chi connectivity index (χ1v) is 11.0. The Hall–Kier alpha value is -1.86. The highest BCUT2D eigenvalue weighted by Gasteiger charge is 2.24. The second kappa shape index (κ2) is 7.80. The Morgan fingerprint density at radius 1 is 1.23 bits per heavy atom. The minimum atomic E-state index is -3.51. The van der Waals surface area contributed by atoms with Crippen molar-refractivity contribution in [1.29, 1.82) is 0 Å². The van der Waals surface area contributed by atoms with Gasteiger partial charge in [-0.1, -0.05) is 17.7 Å². The first kappa shape index (κ1) is 18.9. The zero-order valence-electron chi connectivity index (χ0n) is 14.4. The molecule has 1 amide bonds. The second-order valence-corrected chi connectivity index (χ2v) is 9.57. The van der Waals surface area contributed by atoms with Crippen molar-refractivity contribution in [2.75, 3.05) is 11.5 Å². The largest absolute Gasteiger partial charge is 0.349 e. The van der Waals surface area contributed by atoms with Gasteiger partial charge in [0, 0.05) is 17.1 Å². The highest BCUT2D eigenvalue weighted by molar-refractivity contribution is 7.99. The van der Waals surface area contributed by atoms with Gasteiger partial charge in [-0.25, -0.2) is 12.8 Å². The van der Waals surface area contributed by atoms with Crippen LogP contribution >= 0.6 is 11.8 Å². The molecule has 1 aliphatic heterocycles. The van der Waals surface area contributed by atoms with E-state index in [2.05, 4.69) is 5.32 Å². The average molecular weight is 394 g/mol. The van der Waals surface area contributed by atoms with Gasteiger partial charge in [-0.05, 0) is 49.2 Å². The number of aryl methyl sites for hydroxylation is 1. The fourth-order valence-electron chi connectivity index (χ4n) is 2.87. The standard InChI is InChI=1S/C19H20FNO3S2/c1-13-2-5-15(6-3-13)26(23,24)11-9-19(22)21-17-8-10-25-18-7-4-14(20)12-16(17)18/h2-7,12,17H,8-11H2,1H3,(H,21,22). The van der Waals surface area contributed by atoms with Crippen molar-refractivity contribution in [3.8, 4) is 0 Å². The molecule has 0 spiro atoms. The third-order valence-electron chi connectivity index (χ3n) is 4.32. The third kappa shape index (κ3) is 4.45. The van der Waals surface area contributed by atoms with Crippen molar-refractivity contribution in [3.05, 3.63) is 59.4 Å². The minimum absolute atomic E-state index is 0.121. The van der Waals surface area contributed by atoms with E-state index in [-0.39, 0.29) is 34.8 Å². The second-order valence-electron chi connectivity index (χ2n) is 6.32. The molecular formula is C19H20FNO3S2. The Morgan fingerprint density at radius 3 is 2.69 bits per heavy atom. The van der Waals surface area contributed by atoms with Crippen LogP contribution in [0.25, 0.3) is 0 Å². The first-order valence-electron chi connectivity index (χ1n) is 8.36. The van der Waals surface area contributed by atoms with Crippen molar-refractivity contribution in [2.24, 2.45) is 0 Å². The van der Waals surface area contributed by atoms with Gasteiger partial charge in [0.25, 0.3) is 0 Å². The van der Waals surface area contributed by atoms with Crippen molar-refractivity contribution in [1.82, 2.24) is 5.32 Å². The zero-order valence-corrected chi connectivity index (χ0v) is 16.0. The van der Waals surface area contributed by atoms with Crippen LogP contribution in [0.3, 0.4) is 0 Å². The van der Waals surface area contributed by atoms with E-state index in [1.807, 2.05) is 6.92 Å². The van der Waals surface area contributed by atoms with Crippen molar-refractivity contribution < 1.29 is 17.6 Å². The van der Waals surface area contributed by atoms with Crippen molar-refractivity contribution in [3.63, 3.8) is 0 Å². The van der Waals surface area contributed by atoms with Gasteiger partial charge in [-0.3, -0.25) is 4.79 Å². The highest BCUT2D eigenvalue weighted by atomic mass is 32.2. The summed E-state index contributed by atoms with van der Waals surface area (Å²) in [5, 5.41) is 2.85. The van der Waals surface area contributed by atoms with Crippen LogP contribution in [0.1, 0.15) is 30.0 Å². The zero-order chi connectivity index (χ0) is 18.7. The predicted octanol–water partition coefficient (Wildman–Crippen LogP) is 3.65. The number of thioether (sulfide) groups is 1. The lowest BCUT2D eigenvalue weighted by molar-refractivity contribution is -0.121. The lowest BCUT2D eigenvalue weighted by atomic mass is 10.0. The maximum Gasteiger partial charge on any atom is 0.221 e. The summed E-state index contributed by atoms with van der Waals surface area (Å²) in [5.74, 6) is -0.106. The Kier molecular flexibility index (Phi) is 5.67. The molecule has 3 rings (SSSR count). The molecule has 0 aliphatic carbocycles. The molecule has 0 saturated heterocycles. The molecule has 0 saturated carbocycles. The van der Waals surface area contributed by atoms with E-state index in [4.69, 9.17) is 0 Å². The van der Waals surface area contributed by atoms with Gasteiger partial charge in [0.05, 0.1) is 16.7 Å². The number of amides is 1. The van der Waals surface area contributed by atoms with E-state index >= 15 is 0 Å². The molecule has 2 aromatic carbocycles. The summed E-state index contributed by atoms with van der Waals surface area (Å²) in [7, 11) is -3.51. The Bertz CT molecular complexity index is 911. The molecule has 2 aromatic rings. The van der Waals surface area contributed by atoms with E-state index < -0.39 is 9.84 Å². The molecule has 1 unspecified atom stereocenters. The number of nitrogens with one attached hydrogen (secondary N) is 1. The Morgan fingerprint density at radius 2 is 1.96 bits per heavy atom. The Balaban J connectivity index is 1.63. The molecular weight excluding hydrogens is 373 g/mol. The topological polar surface area (TPSA) is 63.2 Å². The van der Waals surface area contributed by atoms with Gasteiger partial charge in [0.15, 0.2) is 9.84 Å². The van der Waals surface area contributed by atoms with Crippen LogP contribution in [0.4, 0.5) is 4.39 Å². The van der Waals surface area contributed by atoms with E-state index in [0.29, 0.717) is 6.42 Å². The van der Waals surface area contributed by atoms with Gasteiger partial charge in [0.2, 0.25) is 5.91 Å². The lowest BCUT2D eigenvalue weighted by Gasteiger charge is -2.26. The average Bonchev–Trinajstić information content (AvgIpc) is 2.61. The summed E-state index contributed by atoms with van der Waals surface area (Å²) in [6.07, 6.45) is 0.572. The summed E-state index contributed by atoms with van der Waals surface area (Å²) in [6.45, 7) is 1.88. The molecule has 138 valence electrons. The molecule has 0 bridgehead atoms. The van der Waals surface area contributed by atoms with Crippen LogP contribution in [0.5, 0.6) is 0 Å². The predicted molar refractivity (Wildman–Crippen MR) is 100 cm³/mol. The number of rotatable bonds is 5. The van der Waals surface area contributed by atoms with Crippen LogP contribution in [0.2, 0.25) is 0 Å². The normalized spacial score (nSPS) is 16.8. The fourth-order valence-corrected chi connectivity index (χ4v) is 5.22. The molecule has 1 N–H and O–H groups in total. The number of halogens is 1. The molecule has 7 heteroatoms. The number of carbonyl (C=O) groups excluding carboxylic acids is 1. The van der Waals surface area contributed by atoms with Gasteiger partial charge in [-0.15, -0.1) is 11.8 Å². The third-order valence-corrected chi connectivity index (χ3v) is 7.18. The monoisotopic (exact) mass is 393 g/mol. The minimum Gasteiger partial charge on any atom is -0.349 e. The molecule has 1 atom stereocenters. The number of sulfone groups is 1. The van der Waals surface area contributed by atoms with Gasteiger partial charge in [0.1, 0.15) is 5.82 Å². The smallest absolute Gasteiger partial charge is 0.221 e. The number of fused-ring (bicyclic) bond motifs is 1. The SMILES string of the molecule is Cc1ccc(S(=O)(=O)CCC(=O)NC2CCSc3ccc(F)cc32)cc1. The van der Waals surface area contributed by atoms with Crippen LogP contribution < -0.4 is 5.32 Å². The highest BCUT2D eigenvalue weighted by Crippen LogP contribution is 2.36. The van der Waals surface area contributed by atoms with E-state index in [0.717, 1.165) is 21.8 Å². The number of carbonyl (C=O) groups is 1. The molecule has 4 nitrogen and oxygen atoms in total. The molecule has 1 aliphatic rings. The molecule has 0 fully saturated rings. The number of hydrogen-bond donors (Lipinski definition) is 1. The number of benzene rings is 2. The van der Waals surface area contributed by atoms with E-state index in [1.165, 1.54) is 12.1 Å². The summed E-state index contributed by atoms with van der Waals surface area (Å²) < 4.78 is 38.2. The summed E-state index contributed by atoms with van der Waals surface area (Å²) in [6, 6.07) is 10.9. The van der Waals surface area contributed by atoms with Crippen LogP contribution in [-0.2, 0) is 14.6 Å². The summed E-state index contributed by atoms with van der Waals surface area (Å²) in [5.41, 5.74) is 1.73. The van der Waals surface area contributed by atoms with Crippen molar-refractivity contribution >= 4 is 27.5 Å². The number of hydrogen-bond acceptors (Lipinski definition) is 4. The van der Waals surface area contributed by atoms with Crippen LogP contribution in [-0.4, -0.2) is 25.8 Å². The Labute approximate surface area is 157 Å². The van der Waals surface area contributed by atoms with Crippen LogP contribution in [0, 0.1) is 12.7 Å². The summed E-state index contributed by atoms with van der Waals surface area (Å²) in [4.78, 5) is 13.4. The van der Waals surface area contributed by atoms with Crippen molar-refractivity contribution in [2.45, 2.75) is 35.6 Å². The lowest BCUT2D eigenvalue weighted by Crippen LogP contribution is -2.31. The molecule has 1 heterocycles. The van der Waals surface area contributed by atoms with E-state index in [9.17, 15) is 17.6 Å². The maximum atomic E-state index is 13.5. The molecule has 0 aromatic heterocycles. The van der Waals surface area contributed by atoms with Crippen LogP contribution in [0.15, 0.2) is 52.3 Å². The first-order chi connectivity index (χ1) is 12.3. The quantitative estimate of drug-likeness (QED) is 0.842. The molecule has 26 heavy (non-hydrogen) atoms. The van der Waals surface area contributed by atoms with E-state index in [1.54, 1.807) is 42.1 Å². The van der Waals surface area contributed by atoms with Gasteiger partial charge < -0.3 is 5.32 Å². The van der Waals surface area contributed by atoms with Gasteiger partial charge >= 0.3 is 0 Å². The maximum absolute atomic E-state index is 13.5. The van der Waals surface area contributed by atoms with Gasteiger partial charge in [-0.2, -0.15) is 0 Å². The fraction of sp³-hybridized carbons (Fsp3) is 0.316. The molecule has 0 radical (unpaired) electrons.